The van der Waals surface area contributed by atoms with Crippen LogP contribution >= 0.6 is 19.6 Å². The monoisotopic (exact) mass is 423 g/mol. The van der Waals surface area contributed by atoms with Crippen LogP contribution in [0.3, 0.4) is 0 Å². The minimum atomic E-state index is -4.56. The van der Waals surface area contributed by atoms with Crippen LogP contribution in [-0.2, 0) is 21.7 Å². The maximum Gasteiger partial charge on any atom is 0.416 e. The molecule has 146 valence electrons. The summed E-state index contributed by atoms with van der Waals surface area (Å²) in [5.74, 6) is 0.0198. The first kappa shape index (κ1) is 21.2. The minimum absolute atomic E-state index is 0.0729. The Bertz CT molecular complexity index is 904. The average molecular weight is 424 g/mol. The van der Waals surface area contributed by atoms with Gasteiger partial charge in [-0.15, -0.1) is 0 Å². The van der Waals surface area contributed by atoms with E-state index in [9.17, 15) is 27.9 Å². The van der Waals surface area contributed by atoms with Crippen LogP contribution in [-0.4, -0.2) is 12.0 Å². The molecule has 2 rings (SSSR count). The van der Waals surface area contributed by atoms with Gasteiger partial charge in [0.1, 0.15) is 16.8 Å². The number of benzene rings is 2. The SMILES string of the molecule is CCc1cc([N+](=O)[O-])c([PH](=O)OC)cc1Oc1ccc(C(F)(F)F)cc1Cl. The third-order valence-corrected chi connectivity index (χ3v) is 5.15. The van der Waals surface area contributed by atoms with Crippen LogP contribution in [0.1, 0.15) is 18.1 Å². The predicted molar refractivity (Wildman–Crippen MR) is 94.6 cm³/mol. The van der Waals surface area contributed by atoms with Gasteiger partial charge in [-0.1, -0.05) is 18.5 Å². The van der Waals surface area contributed by atoms with E-state index in [0.717, 1.165) is 19.2 Å². The molecule has 0 N–H and O–H groups in total. The second-order valence-corrected chi connectivity index (χ2v) is 7.25. The highest BCUT2D eigenvalue weighted by molar-refractivity contribution is 7.48. The van der Waals surface area contributed by atoms with Crippen molar-refractivity contribution < 1.29 is 31.9 Å². The van der Waals surface area contributed by atoms with E-state index in [-0.39, 0.29) is 27.5 Å². The van der Waals surface area contributed by atoms with Crippen molar-refractivity contribution in [3.63, 3.8) is 0 Å². The Labute approximate surface area is 157 Å². The van der Waals surface area contributed by atoms with Crippen LogP contribution in [0.5, 0.6) is 11.5 Å². The number of nitro benzene ring substituents is 1. The highest BCUT2D eigenvalue weighted by Gasteiger charge is 2.31. The molecule has 0 heterocycles. The number of halogens is 4. The summed E-state index contributed by atoms with van der Waals surface area (Å²) in [4.78, 5) is 10.5. The molecule has 0 aliphatic carbocycles. The van der Waals surface area contributed by atoms with Gasteiger partial charge in [-0.3, -0.25) is 14.7 Å². The molecule has 0 bridgehead atoms. The van der Waals surface area contributed by atoms with Crippen molar-refractivity contribution in [1.82, 2.24) is 0 Å². The first-order chi connectivity index (χ1) is 12.6. The van der Waals surface area contributed by atoms with Crippen LogP contribution in [0, 0.1) is 10.1 Å². The Morgan fingerprint density at radius 2 is 1.89 bits per heavy atom. The summed E-state index contributed by atoms with van der Waals surface area (Å²) in [5.41, 5.74) is -0.930. The van der Waals surface area contributed by atoms with Gasteiger partial charge in [0.05, 0.1) is 15.5 Å². The summed E-state index contributed by atoms with van der Waals surface area (Å²) in [6, 6.07) is 4.95. The van der Waals surface area contributed by atoms with E-state index in [1.807, 2.05) is 0 Å². The summed E-state index contributed by atoms with van der Waals surface area (Å²) in [5, 5.41) is 10.8. The van der Waals surface area contributed by atoms with Crippen LogP contribution in [0.15, 0.2) is 30.3 Å². The molecule has 11 heteroatoms. The number of nitrogens with zero attached hydrogens (tertiary/aromatic N) is 1. The molecule has 2 aromatic carbocycles. The van der Waals surface area contributed by atoms with Crippen LogP contribution in [0.25, 0.3) is 0 Å². The van der Waals surface area contributed by atoms with E-state index in [2.05, 4.69) is 0 Å². The van der Waals surface area contributed by atoms with Crippen LogP contribution in [0.2, 0.25) is 5.02 Å². The smallest absolute Gasteiger partial charge is 0.416 e. The van der Waals surface area contributed by atoms with Gasteiger partial charge in [0.25, 0.3) is 5.69 Å². The van der Waals surface area contributed by atoms with Gasteiger partial charge in [0, 0.05) is 24.8 Å². The largest absolute Gasteiger partial charge is 0.455 e. The van der Waals surface area contributed by atoms with Crippen LogP contribution < -0.4 is 10.0 Å². The summed E-state index contributed by atoms with van der Waals surface area (Å²) >= 11 is 5.88. The average Bonchev–Trinajstić information content (AvgIpc) is 2.61. The topological polar surface area (TPSA) is 78.7 Å². The molecule has 2 aromatic rings. The fraction of sp³-hybridized carbons (Fsp3) is 0.250. The zero-order valence-corrected chi connectivity index (χ0v) is 15.9. The normalized spacial score (nSPS) is 12.7. The predicted octanol–water partition coefficient (Wildman–Crippen LogP) is 5.37. The number of hydrogen-bond acceptors (Lipinski definition) is 5. The molecular formula is C16H14ClF3NO5P. The van der Waals surface area contributed by atoms with E-state index in [4.69, 9.17) is 20.9 Å². The highest BCUT2D eigenvalue weighted by atomic mass is 35.5. The third kappa shape index (κ3) is 4.80. The zero-order chi connectivity index (χ0) is 20.4. The number of rotatable bonds is 6. The number of hydrogen-bond donors (Lipinski definition) is 0. The van der Waals surface area contributed by atoms with Crippen LogP contribution in [0.4, 0.5) is 18.9 Å². The fourth-order valence-corrected chi connectivity index (χ4v) is 3.35. The third-order valence-electron chi connectivity index (χ3n) is 3.64. The molecule has 0 aliphatic heterocycles. The number of aryl methyl sites for hydroxylation is 1. The van der Waals surface area contributed by atoms with Gasteiger partial charge in [0.2, 0.25) is 8.03 Å². The maximum atomic E-state index is 12.7. The van der Waals surface area contributed by atoms with E-state index < -0.39 is 24.7 Å². The van der Waals surface area contributed by atoms with Crippen molar-refractivity contribution in [2.24, 2.45) is 0 Å². The van der Waals surface area contributed by atoms with Crippen molar-refractivity contribution in [1.29, 1.82) is 0 Å². The van der Waals surface area contributed by atoms with Crippen molar-refractivity contribution in [3.05, 3.63) is 56.6 Å². The lowest BCUT2D eigenvalue weighted by molar-refractivity contribution is -0.383. The molecule has 0 aliphatic rings. The quantitative estimate of drug-likeness (QED) is 0.354. The molecule has 6 nitrogen and oxygen atoms in total. The Balaban J connectivity index is 2.52. The molecule has 0 aromatic heterocycles. The van der Waals surface area contributed by atoms with E-state index in [0.29, 0.717) is 18.1 Å². The Kier molecular flexibility index (Phi) is 6.51. The van der Waals surface area contributed by atoms with Gasteiger partial charge in [-0.05, 0) is 24.6 Å². The molecule has 1 atom stereocenters. The summed E-state index contributed by atoms with van der Waals surface area (Å²) < 4.78 is 60.5. The van der Waals surface area contributed by atoms with Gasteiger partial charge >= 0.3 is 6.18 Å². The summed E-state index contributed by atoms with van der Waals surface area (Å²) in [6.45, 7) is 1.71. The minimum Gasteiger partial charge on any atom is -0.455 e. The fourth-order valence-electron chi connectivity index (χ4n) is 2.29. The summed E-state index contributed by atoms with van der Waals surface area (Å²) in [6.07, 6.45) is -4.24. The standard InChI is InChI=1S/C16H14ClF3NO5P/c1-3-9-6-12(21(22)23)15(27(24)25-2)8-14(9)26-13-5-4-10(7-11(13)17)16(18,19)20/h4-8,27H,3H2,1-2H3. The second kappa shape index (κ2) is 8.29. The number of nitro groups is 1. The molecular weight excluding hydrogens is 410 g/mol. The second-order valence-electron chi connectivity index (χ2n) is 5.32. The van der Waals surface area contributed by atoms with Crippen molar-refractivity contribution in [2.75, 3.05) is 7.11 Å². The van der Waals surface area contributed by atoms with Gasteiger partial charge < -0.3 is 9.26 Å². The Morgan fingerprint density at radius 1 is 1.22 bits per heavy atom. The van der Waals surface area contributed by atoms with E-state index >= 15 is 0 Å². The first-order valence-electron chi connectivity index (χ1n) is 7.52. The van der Waals surface area contributed by atoms with Gasteiger partial charge in [-0.25, -0.2) is 0 Å². The van der Waals surface area contributed by atoms with Gasteiger partial charge in [-0.2, -0.15) is 13.2 Å². The lowest BCUT2D eigenvalue weighted by Gasteiger charge is -2.14. The van der Waals surface area contributed by atoms with E-state index in [1.54, 1.807) is 6.92 Å². The van der Waals surface area contributed by atoms with Crippen molar-refractivity contribution >= 4 is 30.6 Å². The Hall–Kier alpha value is -2.09. The molecule has 27 heavy (non-hydrogen) atoms. The zero-order valence-electron chi connectivity index (χ0n) is 14.1. The van der Waals surface area contributed by atoms with Crippen molar-refractivity contribution in [3.8, 4) is 11.5 Å². The molecule has 1 unspecified atom stereocenters. The molecule has 0 fully saturated rings. The maximum absolute atomic E-state index is 12.7. The molecule has 0 saturated heterocycles. The molecule has 0 saturated carbocycles. The molecule has 0 spiro atoms. The van der Waals surface area contributed by atoms with Crippen molar-refractivity contribution in [2.45, 2.75) is 19.5 Å². The molecule has 0 amide bonds. The van der Waals surface area contributed by atoms with Gasteiger partial charge in [0.15, 0.2) is 0 Å². The first-order valence-corrected chi connectivity index (χ1v) is 9.22. The lowest BCUT2D eigenvalue weighted by atomic mass is 10.1. The summed E-state index contributed by atoms with van der Waals surface area (Å²) in [7, 11) is -1.76. The lowest BCUT2D eigenvalue weighted by Crippen LogP contribution is -2.09. The van der Waals surface area contributed by atoms with E-state index in [1.165, 1.54) is 12.1 Å². The molecule has 0 radical (unpaired) electrons. The highest BCUT2D eigenvalue weighted by Crippen LogP contribution is 2.39. The Morgan fingerprint density at radius 3 is 2.37 bits per heavy atom. The number of alkyl halides is 3. The number of ether oxygens (including phenoxy) is 1.